The van der Waals surface area contributed by atoms with Crippen molar-refractivity contribution < 1.29 is 9.63 Å². The molecule has 0 saturated heterocycles. The molecule has 0 rings (SSSR count). The summed E-state index contributed by atoms with van der Waals surface area (Å²) >= 11 is 0. The van der Waals surface area contributed by atoms with Crippen LogP contribution in [0.1, 0.15) is 27.2 Å². The number of hydrogen-bond donors (Lipinski definition) is 1. The first-order valence-electron chi connectivity index (χ1n) is 3.59. The van der Waals surface area contributed by atoms with E-state index in [4.69, 9.17) is 0 Å². The third kappa shape index (κ3) is 5.56. The molecule has 0 amide bonds. The summed E-state index contributed by atoms with van der Waals surface area (Å²) in [6.45, 7) is 6.49. The van der Waals surface area contributed by atoms with Crippen LogP contribution in [0.3, 0.4) is 0 Å². The zero-order valence-corrected chi connectivity index (χ0v) is 6.81. The molecule has 1 N–H and O–H groups in total. The SMILES string of the molecule is CCNOC(=O)CC(C)C. The first-order valence-corrected chi connectivity index (χ1v) is 3.59. The van der Waals surface area contributed by atoms with Gasteiger partial charge in [0.1, 0.15) is 0 Å². The van der Waals surface area contributed by atoms with Gasteiger partial charge in [-0.2, -0.15) is 5.48 Å². The smallest absolute Gasteiger partial charge is 0.324 e. The molecule has 0 bridgehead atoms. The van der Waals surface area contributed by atoms with Gasteiger partial charge in [-0.05, 0) is 12.8 Å². The molecule has 0 aromatic carbocycles. The van der Waals surface area contributed by atoms with Gasteiger partial charge in [-0.25, -0.2) is 0 Å². The van der Waals surface area contributed by atoms with E-state index in [2.05, 4.69) is 10.3 Å². The van der Waals surface area contributed by atoms with E-state index in [-0.39, 0.29) is 5.97 Å². The summed E-state index contributed by atoms with van der Waals surface area (Å²) in [5.74, 6) is 0.183. The van der Waals surface area contributed by atoms with Crippen molar-refractivity contribution in [3.63, 3.8) is 0 Å². The van der Waals surface area contributed by atoms with Gasteiger partial charge in [-0.3, -0.25) is 4.79 Å². The van der Waals surface area contributed by atoms with Crippen LogP contribution in [0.2, 0.25) is 0 Å². The maximum Gasteiger partial charge on any atom is 0.324 e. The van der Waals surface area contributed by atoms with E-state index in [9.17, 15) is 4.79 Å². The highest BCUT2D eigenvalue weighted by Crippen LogP contribution is 1.99. The van der Waals surface area contributed by atoms with Crippen LogP contribution in [0.4, 0.5) is 0 Å². The zero-order chi connectivity index (χ0) is 7.98. The lowest BCUT2D eigenvalue weighted by atomic mass is 10.1. The Hall–Kier alpha value is -0.570. The summed E-state index contributed by atoms with van der Waals surface area (Å²) in [6.07, 6.45) is 0.479. The van der Waals surface area contributed by atoms with E-state index in [0.717, 1.165) is 0 Å². The molecule has 3 heteroatoms. The minimum Gasteiger partial charge on any atom is -0.371 e. The largest absolute Gasteiger partial charge is 0.371 e. The Kier molecular flexibility index (Phi) is 4.94. The van der Waals surface area contributed by atoms with Gasteiger partial charge in [-0.15, -0.1) is 0 Å². The van der Waals surface area contributed by atoms with Gasteiger partial charge < -0.3 is 4.84 Å². The first-order chi connectivity index (χ1) is 4.66. The molecule has 0 radical (unpaired) electrons. The van der Waals surface area contributed by atoms with E-state index >= 15 is 0 Å². The Morgan fingerprint density at radius 2 is 2.20 bits per heavy atom. The highest BCUT2D eigenvalue weighted by Gasteiger charge is 2.04. The van der Waals surface area contributed by atoms with Gasteiger partial charge >= 0.3 is 5.97 Å². The van der Waals surface area contributed by atoms with Crippen molar-refractivity contribution in [1.82, 2.24) is 5.48 Å². The van der Waals surface area contributed by atoms with E-state index in [1.54, 1.807) is 0 Å². The third-order valence-electron chi connectivity index (χ3n) is 0.905. The van der Waals surface area contributed by atoms with Crippen LogP contribution in [0.25, 0.3) is 0 Å². The Balaban J connectivity index is 3.26. The molecular weight excluding hydrogens is 130 g/mol. The molecular formula is C7H15NO2. The number of carbonyl (C=O) groups is 1. The average Bonchev–Trinajstić information content (AvgIpc) is 1.82. The lowest BCUT2D eigenvalue weighted by Crippen LogP contribution is -2.20. The second kappa shape index (κ2) is 5.23. The number of hydroxylamine groups is 1. The summed E-state index contributed by atoms with van der Waals surface area (Å²) in [6, 6.07) is 0. The maximum absolute atomic E-state index is 10.7. The second-order valence-electron chi connectivity index (χ2n) is 2.57. The van der Waals surface area contributed by atoms with E-state index in [1.165, 1.54) is 0 Å². The quantitative estimate of drug-likeness (QED) is 0.602. The fraction of sp³-hybridized carbons (Fsp3) is 0.857. The van der Waals surface area contributed by atoms with Gasteiger partial charge in [0.25, 0.3) is 0 Å². The number of nitrogens with one attached hydrogen (secondary N) is 1. The minimum atomic E-state index is -0.183. The number of carbonyl (C=O) groups excluding carboxylic acids is 1. The first kappa shape index (κ1) is 9.43. The van der Waals surface area contributed by atoms with Gasteiger partial charge in [0.2, 0.25) is 0 Å². The van der Waals surface area contributed by atoms with Crippen molar-refractivity contribution in [2.75, 3.05) is 6.54 Å². The zero-order valence-electron chi connectivity index (χ0n) is 6.81. The van der Waals surface area contributed by atoms with Crippen molar-refractivity contribution in [2.45, 2.75) is 27.2 Å². The van der Waals surface area contributed by atoms with Crippen LogP contribution < -0.4 is 5.48 Å². The Morgan fingerprint density at radius 1 is 1.60 bits per heavy atom. The van der Waals surface area contributed by atoms with Crippen molar-refractivity contribution in [3.8, 4) is 0 Å². The lowest BCUT2D eigenvalue weighted by molar-refractivity contribution is -0.151. The predicted octanol–water partition coefficient (Wildman–Crippen LogP) is 1.10. The summed E-state index contributed by atoms with van der Waals surface area (Å²) in [5.41, 5.74) is 2.50. The molecule has 60 valence electrons. The predicted molar refractivity (Wildman–Crippen MR) is 39.2 cm³/mol. The Labute approximate surface area is 61.7 Å². The van der Waals surface area contributed by atoms with E-state index in [1.807, 2.05) is 20.8 Å². The standard InChI is InChI=1S/C7H15NO2/c1-4-8-10-7(9)5-6(2)3/h6,8H,4-5H2,1-3H3. The van der Waals surface area contributed by atoms with Crippen molar-refractivity contribution >= 4 is 5.97 Å². The molecule has 10 heavy (non-hydrogen) atoms. The minimum absolute atomic E-state index is 0.183. The van der Waals surface area contributed by atoms with Crippen LogP contribution in [0, 0.1) is 5.92 Å². The Bertz CT molecular complexity index is 102. The summed E-state index contributed by atoms with van der Waals surface area (Å²) in [7, 11) is 0. The van der Waals surface area contributed by atoms with Gasteiger partial charge in [-0.1, -0.05) is 13.8 Å². The van der Waals surface area contributed by atoms with Gasteiger partial charge in [0.15, 0.2) is 0 Å². The Morgan fingerprint density at radius 3 is 2.60 bits per heavy atom. The van der Waals surface area contributed by atoms with Crippen molar-refractivity contribution in [2.24, 2.45) is 5.92 Å². The van der Waals surface area contributed by atoms with Crippen LogP contribution in [-0.2, 0) is 9.63 Å². The normalized spacial score (nSPS) is 10.0. The molecule has 0 aliphatic heterocycles. The molecule has 0 aromatic rings. The molecule has 0 aliphatic rings. The third-order valence-corrected chi connectivity index (χ3v) is 0.905. The summed E-state index contributed by atoms with van der Waals surface area (Å²) in [5, 5.41) is 0. The monoisotopic (exact) mass is 145 g/mol. The number of rotatable bonds is 4. The number of hydrogen-bond acceptors (Lipinski definition) is 3. The summed E-state index contributed by atoms with van der Waals surface area (Å²) < 4.78 is 0. The fourth-order valence-electron chi connectivity index (χ4n) is 0.528. The van der Waals surface area contributed by atoms with E-state index in [0.29, 0.717) is 18.9 Å². The lowest BCUT2D eigenvalue weighted by Gasteiger charge is -2.04. The highest BCUT2D eigenvalue weighted by molar-refractivity contribution is 5.69. The van der Waals surface area contributed by atoms with Crippen LogP contribution in [0.15, 0.2) is 0 Å². The van der Waals surface area contributed by atoms with Crippen LogP contribution in [-0.4, -0.2) is 12.5 Å². The van der Waals surface area contributed by atoms with Gasteiger partial charge in [0, 0.05) is 13.0 Å². The molecule has 3 nitrogen and oxygen atoms in total. The highest BCUT2D eigenvalue weighted by atomic mass is 16.7. The average molecular weight is 145 g/mol. The van der Waals surface area contributed by atoms with Crippen LogP contribution in [0.5, 0.6) is 0 Å². The molecule has 0 atom stereocenters. The van der Waals surface area contributed by atoms with Crippen molar-refractivity contribution in [3.05, 3.63) is 0 Å². The van der Waals surface area contributed by atoms with E-state index < -0.39 is 0 Å². The fourth-order valence-corrected chi connectivity index (χ4v) is 0.528. The summed E-state index contributed by atoms with van der Waals surface area (Å²) in [4.78, 5) is 15.3. The van der Waals surface area contributed by atoms with Gasteiger partial charge in [0.05, 0.1) is 0 Å². The second-order valence-corrected chi connectivity index (χ2v) is 2.57. The topological polar surface area (TPSA) is 38.3 Å². The molecule has 0 unspecified atom stereocenters. The molecule has 0 fully saturated rings. The molecule has 0 spiro atoms. The molecule has 0 heterocycles. The molecule has 0 aromatic heterocycles. The van der Waals surface area contributed by atoms with Crippen LogP contribution >= 0.6 is 0 Å². The maximum atomic E-state index is 10.7. The molecule has 0 aliphatic carbocycles. The molecule has 0 saturated carbocycles. The van der Waals surface area contributed by atoms with Crippen molar-refractivity contribution in [1.29, 1.82) is 0 Å².